The van der Waals surface area contributed by atoms with Gasteiger partial charge in [-0.3, -0.25) is 4.79 Å². The lowest BCUT2D eigenvalue weighted by atomic mass is 9.87. The molecule has 1 aromatic rings. The molecular weight excluding hydrogens is 356 g/mol. The minimum absolute atomic E-state index is 0.0165. The average Bonchev–Trinajstić information content (AvgIpc) is 2.63. The zero-order chi connectivity index (χ0) is 19.2. The minimum atomic E-state index is -3.80. The lowest BCUT2D eigenvalue weighted by molar-refractivity contribution is 0.0937. The van der Waals surface area contributed by atoms with Crippen molar-refractivity contribution < 1.29 is 22.7 Å². The molecule has 146 valence electrons. The summed E-state index contributed by atoms with van der Waals surface area (Å²) >= 11 is 0. The first-order valence-corrected chi connectivity index (χ1v) is 10.3. The molecule has 8 heteroatoms. The second-order valence-electron chi connectivity index (χ2n) is 6.60. The van der Waals surface area contributed by atoms with Crippen molar-refractivity contribution in [3.8, 4) is 5.75 Å². The Hall–Kier alpha value is -1.64. The van der Waals surface area contributed by atoms with Gasteiger partial charge in [-0.15, -0.1) is 0 Å². The van der Waals surface area contributed by atoms with E-state index in [2.05, 4.69) is 17.0 Å². The van der Waals surface area contributed by atoms with Crippen LogP contribution in [0.4, 0.5) is 0 Å². The highest BCUT2D eigenvalue weighted by Gasteiger charge is 2.29. The van der Waals surface area contributed by atoms with Crippen LogP contribution in [0.2, 0.25) is 0 Å². The summed E-state index contributed by atoms with van der Waals surface area (Å²) in [5.41, 5.74) is 0.263. The maximum atomic E-state index is 12.9. The van der Waals surface area contributed by atoms with Gasteiger partial charge in [0.05, 0.1) is 13.7 Å². The number of benzene rings is 1. The molecule has 0 unspecified atom stereocenters. The van der Waals surface area contributed by atoms with Crippen LogP contribution >= 0.6 is 0 Å². The summed E-state index contributed by atoms with van der Waals surface area (Å²) in [4.78, 5) is 12.2. The fraction of sp³-hybridized carbons (Fsp3) is 0.611. The van der Waals surface area contributed by atoms with Gasteiger partial charge in [0.15, 0.2) is 0 Å². The monoisotopic (exact) mass is 384 g/mol. The van der Waals surface area contributed by atoms with Gasteiger partial charge in [0.25, 0.3) is 5.91 Å². The maximum Gasteiger partial charge on any atom is 0.251 e. The second kappa shape index (κ2) is 9.34. The topological polar surface area (TPSA) is 93.7 Å². The molecule has 1 saturated carbocycles. The number of carbonyl (C=O) groups is 1. The van der Waals surface area contributed by atoms with Gasteiger partial charge < -0.3 is 14.8 Å². The van der Waals surface area contributed by atoms with Gasteiger partial charge in [-0.25, -0.2) is 13.1 Å². The first-order chi connectivity index (χ1) is 12.4. The molecule has 0 radical (unpaired) electrons. The summed E-state index contributed by atoms with van der Waals surface area (Å²) in [5, 5.41) is 2.68. The van der Waals surface area contributed by atoms with E-state index in [1.54, 1.807) is 13.2 Å². The summed E-state index contributed by atoms with van der Waals surface area (Å²) in [5.74, 6) is 0.145. The molecule has 1 amide bonds. The van der Waals surface area contributed by atoms with Crippen molar-refractivity contribution in [1.82, 2.24) is 10.0 Å². The summed E-state index contributed by atoms with van der Waals surface area (Å²) in [6.07, 6.45) is 3.96. The molecule has 0 heterocycles. The number of hydrogen-bond acceptors (Lipinski definition) is 5. The van der Waals surface area contributed by atoms with Crippen LogP contribution in [-0.4, -0.2) is 47.7 Å². The highest BCUT2D eigenvalue weighted by Crippen LogP contribution is 2.29. The van der Waals surface area contributed by atoms with Gasteiger partial charge in [-0.1, -0.05) is 19.8 Å². The maximum absolute atomic E-state index is 12.9. The Balaban J connectivity index is 2.24. The zero-order valence-electron chi connectivity index (χ0n) is 15.6. The van der Waals surface area contributed by atoms with Crippen molar-refractivity contribution in [2.24, 2.45) is 5.92 Å². The van der Waals surface area contributed by atoms with Crippen LogP contribution in [0.5, 0.6) is 5.75 Å². The van der Waals surface area contributed by atoms with Gasteiger partial charge in [0.2, 0.25) is 10.0 Å². The van der Waals surface area contributed by atoms with Crippen molar-refractivity contribution in [3.63, 3.8) is 0 Å². The van der Waals surface area contributed by atoms with Gasteiger partial charge >= 0.3 is 0 Å². The van der Waals surface area contributed by atoms with Crippen LogP contribution in [0.3, 0.4) is 0 Å². The predicted molar refractivity (Wildman–Crippen MR) is 98.9 cm³/mol. The fourth-order valence-corrected chi connectivity index (χ4v) is 4.72. The minimum Gasteiger partial charge on any atom is -0.495 e. The fourth-order valence-electron chi connectivity index (χ4n) is 3.15. The zero-order valence-corrected chi connectivity index (χ0v) is 16.4. The summed E-state index contributed by atoms with van der Waals surface area (Å²) in [7, 11) is -0.840. The molecule has 0 bridgehead atoms. The van der Waals surface area contributed by atoms with E-state index in [1.807, 2.05) is 0 Å². The Morgan fingerprint density at radius 1 is 1.23 bits per heavy atom. The molecular formula is C18H28N2O5S. The Labute approximate surface area is 155 Å². The van der Waals surface area contributed by atoms with E-state index in [-0.39, 0.29) is 34.1 Å². The van der Waals surface area contributed by atoms with Crippen LogP contribution in [0.1, 0.15) is 43.0 Å². The Morgan fingerprint density at radius 2 is 1.96 bits per heavy atom. The third-order valence-electron chi connectivity index (χ3n) is 4.73. The first kappa shape index (κ1) is 20.7. The Morgan fingerprint density at radius 3 is 2.62 bits per heavy atom. The summed E-state index contributed by atoms with van der Waals surface area (Å²) in [6.45, 7) is 2.79. The average molecular weight is 384 g/mol. The third kappa shape index (κ3) is 5.18. The highest BCUT2D eigenvalue weighted by atomic mass is 32.2. The number of methoxy groups -OCH3 is 2. The van der Waals surface area contributed by atoms with Crippen molar-refractivity contribution in [1.29, 1.82) is 0 Å². The molecule has 1 aliphatic rings. The SMILES string of the molecule is COCCNC(=O)c1ccc(OC)c(S(=O)(=O)N[C@@H]2CCCC[C@H]2C)c1. The van der Waals surface area contributed by atoms with Gasteiger partial charge in [-0.05, 0) is 37.0 Å². The lowest BCUT2D eigenvalue weighted by Crippen LogP contribution is -2.41. The molecule has 1 fully saturated rings. The normalized spacial score (nSPS) is 20.6. The second-order valence-corrected chi connectivity index (χ2v) is 8.29. The highest BCUT2D eigenvalue weighted by molar-refractivity contribution is 7.89. The standard InChI is InChI=1S/C18H28N2O5S/c1-13-6-4-5-7-15(13)20-26(22,23)17-12-14(8-9-16(17)25-3)18(21)19-10-11-24-2/h8-9,12-13,15,20H,4-7,10-11H2,1-3H3,(H,19,21)/t13-,15-/m1/s1. The number of hydrogen-bond donors (Lipinski definition) is 2. The van der Waals surface area contributed by atoms with E-state index in [4.69, 9.17) is 9.47 Å². The van der Waals surface area contributed by atoms with Crippen molar-refractivity contribution >= 4 is 15.9 Å². The van der Waals surface area contributed by atoms with Crippen LogP contribution in [-0.2, 0) is 14.8 Å². The quantitative estimate of drug-likeness (QED) is 0.668. The van der Waals surface area contributed by atoms with Crippen molar-refractivity contribution in [2.45, 2.75) is 43.5 Å². The van der Waals surface area contributed by atoms with Crippen LogP contribution < -0.4 is 14.8 Å². The smallest absolute Gasteiger partial charge is 0.251 e. The van der Waals surface area contributed by atoms with E-state index in [9.17, 15) is 13.2 Å². The number of nitrogens with one attached hydrogen (secondary N) is 2. The number of carbonyl (C=O) groups excluding carboxylic acids is 1. The number of sulfonamides is 1. The molecule has 2 atom stereocenters. The lowest BCUT2D eigenvalue weighted by Gasteiger charge is -2.29. The van der Waals surface area contributed by atoms with E-state index in [0.717, 1.165) is 25.7 Å². The molecule has 0 spiro atoms. The molecule has 0 aromatic heterocycles. The molecule has 1 aliphatic carbocycles. The molecule has 26 heavy (non-hydrogen) atoms. The molecule has 0 saturated heterocycles. The number of amides is 1. The van der Waals surface area contributed by atoms with Gasteiger partial charge in [-0.2, -0.15) is 0 Å². The first-order valence-electron chi connectivity index (χ1n) is 8.86. The molecule has 0 aliphatic heterocycles. The molecule has 1 aromatic carbocycles. The number of rotatable bonds is 8. The van der Waals surface area contributed by atoms with Crippen LogP contribution in [0.15, 0.2) is 23.1 Å². The van der Waals surface area contributed by atoms with Gasteiger partial charge in [0.1, 0.15) is 10.6 Å². The van der Waals surface area contributed by atoms with E-state index in [1.165, 1.54) is 19.2 Å². The third-order valence-corrected chi connectivity index (χ3v) is 6.24. The van der Waals surface area contributed by atoms with Crippen molar-refractivity contribution in [2.75, 3.05) is 27.4 Å². The van der Waals surface area contributed by atoms with Crippen molar-refractivity contribution in [3.05, 3.63) is 23.8 Å². The van der Waals surface area contributed by atoms with E-state index < -0.39 is 10.0 Å². The summed E-state index contributed by atoms with van der Waals surface area (Å²) in [6, 6.07) is 4.31. The Bertz CT molecular complexity index is 720. The van der Waals surface area contributed by atoms with Crippen LogP contribution in [0, 0.1) is 5.92 Å². The molecule has 2 rings (SSSR count). The largest absolute Gasteiger partial charge is 0.495 e. The number of ether oxygens (including phenoxy) is 2. The van der Waals surface area contributed by atoms with E-state index in [0.29, 0.717) is 13.2 Å². The van der Waals surface area contributed by atoms with Gasteiger partial charge in [0, 0.05) is 25.3 Å². The predicted octanol–water partition coefficient (Wildman–Crippen LogP) is 1.93. The van der Waals surface area contributed by atoms with Crippen LogP contribution in [0.25, 0.3) is 0 Å². The van der Waals surface area contributed by atoms with E-state index >= 15 is 0 Å². The molecule has 2 N–H and O–H groups in total. The molecule has 7 nitrogen and oxygen atoms in total. The summed E-state index contributed by atoms with van der Waals surface area (Å²) < 4.78 is 38.7. The Kier molecular flexibility index (Phi) is 7.43.